The maximum atomic E-state index is 12.3. The topological polar surface area (TPSA) is 87.0 Å². The Bertz CT molecular complexity index is 747. The molecule has 0 bridgehead atoms. The van der Waals surface area contributed by atoms with E-state index in [4.69, 9.17) is 4.74 Å². The second kappa shape index (κ2) is 6.87. The molecule has 0 aliphatic heterocycles. The van der Waals surface area contributed by atoms with Crippen molar-refractivity contribution in [2.45, 2.75) is 20.0 Å². The van der Waals surface area contributed by atoms with Gasteiger partial charge in [-0.15, -0.1) is 0 Å². The molecule has 2 rings (SSSR count). The largest absolute Gasteiger partial charge is 0.508 e. The second-order valence-corrected chi connectivity index (χ2v) is 5.29. The molecule has 2 aromatic rings. The van der Waals surface area contributed by atoms with Gasteiger partial charge in [-0.25, -0.2) is 0 Å². The number of allylic oxidation sites excluding steroid dienone is 1. The molecule has 0 aliphatic rings. The minimum absolute atomic E-state index is 0.0182. The molecule has 0 aliphatic carbocycles. The predicted octanol–water partition coefficient (Wildman–Crippen LogP) is 3.49. The normalized spacial score (nSPS) is 11.1. The molecule has 0 radical (unpaired) electrons. The summed E-state index contributed by atoms with van der Waals surface area (Å²) in [5.74, 6) is -0.450. The van der Waals surface area contributed by atoms with Crippen molar-refractivity contribution in [1.29, 1.82) is 0 Å². The van der Waals surface area contributed by atoms with Crippen molar-refractivity contribution in [3.8, 4) is 23.0 Å². The number of hydrogen-bond acceptors (Lipinski definition) is 5. The predicted molar refractivity (Wildman–Crippen MR) is 87.0 cm³/mol. The van der Waals surface area contributed by atoms with Gasteiger partial charge in [0.2, 0.25) is 0 Å². The summed E-state index contributed by atoms with van der Waals surface area (Å²) in [5.41, 5.74) is 0.898. The van der Waals surface area contributed by atoms with Gasteiger partial charge < -0.3 is 20.1 Å². The highest BCUT2D eigenvalue weighted by molar-refractivity contribution is 6.08. The summed E-state index contributed by atoms with van der Waals surface area (Å²) < 4.78 is 5.55. The van der Waals surface area contributed by atoms with Crippen molar-refractivity contribution in [3.05, 3.63) is 53.6 Å². The Labute approximate surface area is 134 Å². The summed E-state index contributed by atoms with van der Waals surface area (Å²) in [4.78, 5) is 12.3. The van der Waals surface area contributed by atoms with Crippen molar-refractivity contribution in [1.82, 2.24) is 0 Å². The van der Waals surface area contributed by atoms with Gasteiger partial charge in [0.15, 0.2) is 17.3 Å². The molecule has 0 fully saturated rings. The van der Waals surface area contributed by atoms with Gasteiger partial charge in [-0.1, -0.05) is 12.1 Å². The highest BCUT2D eigenvalue weighted by Crippen LogP contribution is 2.27. The maximum absolute atomic E-state index is 12.3. The molecule has 120 valence electrons. The van der Waals surface area contributed by atoms with Gasteiger partial charge in [0.25, 0.3) is 0 Å². The van der Waals surface area contributed by atoms with E-state index in [1.807, 2.05) is 13.8 Å². The zero-order chi connectivity index (χ0) is 17.0. The van der Waals surface area contributed by atoms with Crippen LogP contribution in [0.4, 0.5) is 0 Å². The summed E-state index contributed by atoms with van der Waals surface area (Å²) in [6, 6.07) is 8.57. The number of ether oxygens (including phenoxy) is 1. The zero-order valence-electron chi connectivity index (χ0n) is 12.9. The number of ketones is 1. The van der Waals surface area contributed by atoms with Gasteiger partial charge in [-0.05, 0) is 49.8 Å². The van der Waals surface area contributed by atoms with Crippen LogP contribution in [0, 0.1) is 0 Å². The quantitative estimate of drug-likeness (QED) is 0.447. The lowest BCUT2D eigenvalue weighted by Crippen LogP contribution is -2.09. The molecule has 0 heterocycles. The van der Waals surface area contributed by atoms with E-state index in [0.717, 1.165) is 0 Å². The summed E-state index contributed by atoms with van der Waals surface area (Å²) in [6.45, 7) is 3.65. The molecule has 23 heavy (non-hydrogen) atoms. The molecule has 0 unspecified atom stereocenters. The molecule has 0 atom stereocenters. The smallest absolute Gasteiger partial charge is 0.189 e. The van der Waals surface area contributed by atoms with Crippen LogP contribution < -0.4 is 4.74 Å². The Kier molecular flexibility index (Phi) is 4.91. The summed E-state index contributed by atoms with van der Waals surface area (Å²) in [6.07, 6.45) is 2.72. The van der Waals surface area contributed by atoms with Crippen molar-refractivity contribution >= 4 is 11.9 Å². The monoisotopic (exact) mass is 314 g/mol. The molecule has 2 aromatic carbocycles. The summed E-state index contributed by atoms with van der Waals surface area (Å²) in [5, 5.41) is 28.2. The molecule has 0 aromatic heterocycles. The lowest BCUT2D eigenvalue weighted by atomic mass is 10.1. The van der Waals surface area contributed by atoms with Crippen molar-refractivity contribution in [3.63, 3.8) is 0 Å². The van der Waals surface area contributed by atoms with Gasteiger partial charge in [0.05, 0.1) is 11.7 Å². The first-order valence-corrected chi connectivity index (χ1v) is 7.11. The first-order chi connectivity index (χ1) is 10.9. The molecule has 0 amide bonds. The van der Waals surface area contributed by atoms with Crippen LogP contribution in [0.3, 0.4) is 0 Å². The Morgan fingerprint density at radius 3 is 2.43 bits per heavy atom. The minimum Gasteiger partial charge on any atom is -0.508 e. The standard InChI is InChI=1S/C18H18O5/c1-11(2)23-18-10-13(19)5-6-14(18)15(20)7-3-12-4-8-16(21)17(22)9-12/h3-11,19,21-22H,1-2H3. The Balaban J connectivity index is 2.26. The third-order valence-electron chi connectivity index (χ3n) is 3.02. The zero-order valence-corrected chi connectivity index (χ0v) is 12.9. The van der Waals surface area contributed by atoms with Gasteiger partial charge in [-0.2, -0.15) is 0 Å². The number of aromatic hydroxyl groups is 3. The third-order valence-corrected chi connectivity index (χ3v) is 3.02. The molecule has 5 nitrogen and oxygen atoms in total. The van der Waals surface area contributed by atoms with E-state index >= 15 is 0 Å². The van der Waals surface area contributed by atoms with Crippen LogP contribution in [0.2, 0.25) is 0 Å². The number of rotatable bonds is 5. The minimum atomic E-state index is -0.298. The lowest BCUT2D eigenvalue weighted by molar-refractivity contribution is 0.104. The molecular formula is C18H18O5. The fraction of sp³-hybridized carbons (Fsp3) is 0.167. The van der Waals surface area contributed by atoms with Crippen LogP contribution in [0.15, 0.2) is 42.5 Å². The number of phenolic OH excluding ortho intramolecular Hbond substituents is 3. The Morgan fingerprint density at radius 2 is 1.78 bits per heavy atom. The number of hydrogen-bond donors (Lipinski definition) is 3. The maximum Gasteiger partial charge on any atom is 0.189 e. The van der Waals surface area contributed by atoms with Crippen LogP contribution in [-0.4, -0.2) is 27.2 Å². The summed E-state index contributed by atoms with van der Waals surface area (Å²) in [7, 11) is 0. The van der Waals surface area contributed by atoms with Crippen LogP contribution in [0.5, 0.6) is 23.0 Å². The average molecular weight is 314 g/mol. The SMILES string of the molecule is CC(C)Oc1cc(O)ccc1C(=O)C=Cc1ccc(O)c(O)c1. The molecule has 3 N–H and O–H groups in total. The van der Waals surface area contributed by atoms with Gasteiger partial charge in [-0.3, -0.25) is 4.79 Å². The van der Waals surface area contributed by atoms with E-state index in [1.54, 1.807) is 6.07 Å². The van der Waals surface area contributed by atoms with E-state index in [2.05, 4.69) is 0 Å². The average Bonchev–Trinajstić information content (AvgIpc) is 2.47. The fourth-order valence-electron chi connectivity index (χ4n) is 1.97. The van der Waals surface area contributed by atoms with Crippen LogP contribution in [0.25, 0.3) is 6.08 Å². The van der Waals surface area contributed by atoms with Crippen molar-refractivity contribution < 1.29 is 24.9 Å². The van der Waals surface area contributed by atoms with E-state index in [-0.39, 0.29) is 29.1 Å². The fourth-order valence-corrected chi connectivity index (χ4v) is 1.97. The van der Waals surface area contributed by atoms with E-state index in [0.29, 0.717) is 16.9 Å². The Morgan fingerprint density at radius 1 is 1.04 bits per heavy atom. The molecular weight excluding hydrogens is 296 g/mol. The van der Waals surface area contributed by atoms with E-state index in [1.165, 1.54) is 42.5 Å². The van der Waals surface area contributed by atoms with Crippen molar-refractivity contribution in [2.75, 3.05) is 0 Å². The first kappa shape index (κ1) is 16.4. The molecule has 0 saturated carbocycles. The Hall–Kier alpha value is -2.95. The van der Waals surface area contributed by atoms with E-state index in [9.17, 15) is 20.1 Å². The van der Waals surface area contributed by atoms with Gasteiger partial charge >= 0.3 is 0 Å². The van der Waals surface area contributed by atoms with E-state index < -0.39 is 0 Å². The lowest BCUT2D eigenvalue weighted by Gasteiger charge is -2.13. The number of carbonyl (C=O) groups excluding carboxylic acids is 1. The highest BCUT2D eigenvalue weighted by atomic mass is 16.5. The second-order valence-electron chi connectivity index (χ2n) is 5.29. The van der Waals surface area contributed by atoms with Crippen LogP contribution in [0.1, 0.15) is 29.8 Å². The van der Waals surface area contributed by atoms with Gasteiger partial charge in [0, 0.05) is 6.07 Å². The summed E-state index contributed by atoms with van der Waals surface area (Å²) >= 11 is 0. The number of carbonyl (C=O) groups is 1. The highest BCUT2D eigenvalue weighted by Gasteiger charge is 2.12. The third kappa shape index (κ3) is 4.26. The van der Waals surface area contributed by atoms with Crippen LogP contribution in [-0.2, 0) is 0 Å². The molecule has 5 heteroatoms. The molecule has 0 spiro atoms. The number of benzene rings is 2. The first-order valence-electron chi connectivity index (χ1n) is 7.11. The molecule has 0 saturated heterocycles. The van der Waals surface area contributed by atoms with Crippen molar-refractivity contribution in [2.24, 2.45) is 0 Å². The van der Waals surface area contributed by atoms with Crippen LogP contribution >= 0.6 is 0 Å². The van der Waals surface area contributed by atoms with Gasteiger partial charge in [0.1, 0.15) is 11.5 Å². The number of phenols is 3.